The van der Waals surface area contributed by atoms with Crippen molar-refractivity contribution in [1.82, 2.24) is 5.32 Å². The molecular formula is C11H15NO3. The maximum atomic E-state index is 11.2. The van der Waals surface area contributed by atoms with Crippen molar-refractivity contribution < 1.29 is 15.0 Å². The van der Waals surface area contributed by atoms with Gasteiger partial charge in [-0.3, -0.25) is 4.79 Å². The molecule has 0 saturated heterocycles. The Morgan fingerprint density at radius 3 is 2.53 bits per heavy atom. The fraction of sp³-hybridized carbons (Fsp3) is 0.364. The number of phenolic OH excluding ortho intramolecular Hbond substituents is 2. The third-order valence-corrected chi connectivity index (χ3v) is 2.32. The van der Waals surface area contributed by atoms with E-state index in [0.29, 0.717) is 6.42 Å². The molecule has 1 rings (SSSR count). The number of ketones is 1. The number of Topliss-reactive ketones (excluding diaryl/α,β-unsaturated/α-hetero) is 1. The number of carbonyl (C=O) groups is 1. The van der Waals surface area contributed by atoms with Gasteiger partial charge < -0.3 is 15.5 Å². The Balaban J connectivity index is 2.80. The van der Waals surface area contributed by atoms with Gasteiger partial charge in [-0.15, -0.1) is 0 Å². The van der Waals surface area contributed by atoms with Gasteiger partial charge in [0.15, 0.2) is 11.5 Å². The number of likely N-dealkylation sites (N-methyl/N-ethyl adjacent to an activating group) is 1. The highest BCUT2D eigenvalue weighted by Gasteiger charge is 2.12. The molecule has 0 radical (unpaired) electrons. The van der Waals surface area contributed by atoms with Crippen LogP contribution in [-0.4, -0.2) is 29.1 Å². The molecule has 0 amide bonds. The van der Waals surface area contributed by atoms with Crippen molar-refractivity contribution in [3.05, 3.63) is 23.8 Å². The Kier molecular flexibility index (Phi) is 3.68. The molecule has 0 aromatic heterocycles. The molecule has 0 heterocycles. The van der Waals surface area contributed by atoms with Crippen LogP contribution in [0.2, 0.25) is 0 Å². The Morgan fingerprint density at radius 1 is 1.40 bits per heavy atom. The molecule has 0 aliphatic rings. The lowest BCUT2D eigenvalue weighted by atomic mass is 10.0. The molecule has 0 aliphatic carbocycles. The van der Waals surface area contributed by atoms with E-state index in [4.69, 9.17) is 5.11 Å². The number of rotatable bonds is 4. The average molecular weight is 209 g/mol. The number of nitrogens with one attached hydrogen (secondary N) is 1. The fourth-order valence-corrected chi connectivity index (χ4v) is 1.38. The van der Waals surface area contributed by atoms with E-state index < -0.39 is 0 Å². The fourth-order valence-electron chi connectivity index (χ4n) is 1.38. The minimum Gasteiger partial charge on any atom is -0.504 e. The highest BCUT2D eigenvalue weighted by molar-refractivity contribution is 5.81. The van der Waals surface area contributed by atoms with Gasteiger partial charge in [0.05, 0.1) is 6.04 Å². The molecule has 82 valence electrons. The van der Waals surface area contributed by atoms with Gasteiger partial charge in [0.2, 0.25) is 0 Å². The van der Waals surface area contributed by atoms with Crippen molar-refractivity contribution in [2.45, 2.75) is 19.4 Å². The third kappa shape index (κ3) is 2.95. The van der Waals surface area contributed by atoms with Crippen LogP contribution in [0.4, 0.5) is 0 Å². The van der Waals surface area contributed by atoms with Crippen LogP contribution < -0.4 is 5.32 Å². The largest absolute Gasteiger partial charge is 0.504 e. The number of carbonyl (C=O) groups excluding carboxylic acids is 1. The zero-order valence-electron chi connectivity index (χ0n) is 8.82. The van der Waals surface area contributed by atoms with Gasteiger partial charge in [0.1, 0.15) is 5.78 Å². The molecule has 0 bridgehead atoms. The minimum absolute atomic E-state index is 0.0464. The maximum absolute atomic E-state index is 11.2. The summed E-state index contributed by atoms with van der Waals surface area (Å²) in [6, 6.07) is 4.30. The summed E-state index contributed by atoms with van der Waals surface area (Å²) >= 11 is 0. The normalized spacial score (nSPS) is 12.4. The van der Waals surface area contributed by atoms with E-state index in [1.807, 2.05) is 0 Å². The minimum atomic E-state index is -0.256. The SMILES string of the molecule is CN[C@@H](Cc1ccc(O)c(O)c1)C(C)=O. The summed E-state index contributed by atoms with van der Waals surface area (Å²) in [4.78, 5) is 11.2. The van der Waals surface area contributed by atoms with Crippen LogP contribution in [0.5, 0.6) is 11.5 Å². The monoisotopic (exact) mass is 209 g/mol. The molecule has 0 unspecified atom stereocenters. The summed E-state index contributed by atoms with van der Waals surface area (Å²) in [5.74, 6) is -0.265. The summed E-state index contributed by atoms with van der Waals surface area (Å²) in [7, 11) is 1.71. The van der Waals surface area contributed by atoms with E-state index >= 15 is 0 Å². The third-order valence-electron chi connectivity index (χ3n) is 2.32. The first-order valence-electron chi connectivity index (χ1n) is 4.73. The molecule has 1 aromatic carbocycles. The van der Waals surface area contributed by atoms with Gasteiger partial charge in [0, 0.05) is 0 Å². The summed E-state index contributed by atoms with van der Waals surface area (Å²) in [6.45, 7) is 1.52. The van der Waals surface area contributed by atoms with Crippen LogP contribution in [0.1, 0.15) is 12.5 Å². The second kappa shape index (κ2) is 4.79. The zero-order chi connectivity index (χ0) is 11.4. The summed E-state index contributed by atoms with van der Waals surface area (Å²) in [5, 5.41) is 21.3. The summed E-state index contributed by atoms with van der Waals surface area (Å²) in [6.07, 6.45) is 0.500. The number of hydrogen-bond donors (Lipinski definition) is 3. The maximum Gasteiger partial charge on any atom is 0.157 e. The summed E-state index contributed by atoms with van der Waals surface area (Å²) < 4.78 is 0. The lowest BCUT2D eigenvalue weighted by Gasteiger charge is -2.12. The van der Waals surface area contributed by atoms with Crippen molar-refractivity contribution >= 4 is 5.78 Å². The van der Waals surface area contributed by atoms with E-state index in [1.165, 1.54) is 19.1 Å². The predicted molar refractivity (Wildman–Crippen MR) is 57.0 cm³/mol. The first kappa shape index (κ1) is 11.5. The Hall–Kier alpha value is -1.55. The van der Waals surface area contributed by atoms with Crippen LogP contribution in [0.3, 0.4) is 0 Å². The van der Waals surface area contributed by atoms with E-state index in [1.54, 1.807) is 13.1 Å². The Morgan fingerprint density at radius 2 is 2.07 bits per heavy atom. The Bertz CT molecular complexity index is 363. The first-order chi connectivity index (χ1) is 7.04. The molecule has 0 aliphatic heterocycles. The average Bonchev–Trinajstić information content (AvgIpc) is 2.19. The van der Waals surface area contributed by atoms with Gasteiger partial charge >= 0.3 is 0 Å². The molecule has 4 nitrogen and oxygen atoms in total. The second-order valence-electron chi connectivity index (χ2n) is 3.48. The van der Waals surface area contributed by atoms with E-state index in [9.17, 15) is 9.90 Å². The number of aromatic hydroxyl groups is 2. The molecule has 15 heavy (non-hydrogen) atoms. The van der Waals surface area contributed by atoms with Gasteiger partial charge in [-0.25, -0.2) is 0 Å². The van der Waals surface area contributed by atoms with Crippen LogP contribution >= 0.6 is 0 Å². The standard InChI is InChI=1S/C11H15NO3/c1-7(13)9(12-2)5-8-3-4-10(14)11(15)6-8/h3-4,6,9,12,14-15H,5H2,1-2H3/t9-/m0/s1. The van der Waals surface area contributed by atoms with Crippen molar-refractivity contribution in [1.29, 1.82) is 0 Å². The highest BCUT2D eigenvalue weighted by Crippen LogP contribution is 2.25. The quantitative estimate of drug-likeness (QED) is 0.642. The number of benzene rings is 1. The number of hydrogen-bond acceptors (Lipinski definition) is 4. The van der Waals surface area contributed by atoms with Crippen LogP contribution in [0.25, 0.3) is 0 Å². The highest BCUT2D eigenvalue weighted by atomic mass is 16.3. The molecule has 4 heteroatoms. The molecule has 0 fully saturated rings. The molecule has 3 N–H and O–H groups in total. The van der Waals surface area contributed by atoms with Gasteiger partial charge in [-0.05, 0) is 38.1 Å². The number of phenols is 2. The van der Waals surface area contributed by atoms with E-state index in [2.05, 4.69) is 5.32 Å². The Labute approximate surface area is 88.6 Å². The molecule has 1 aromatic rings. The van der Waals surface area contributed by atoms with Crippen molar-refractivity contribution in [2.75, 3.05) is 7.05 Å². The van der Waals surface area contributed by atoms with Crippen molar-refractivity contribution in [3.8, 4) is 11.5 Å². The zero-order valence-corrected chi connectivity index (χ0v) is 8.82. The lowest BCUT2D eigenvalue weighted by Crippen LogP contribution is -2.34. The second-order valence-corrected chi connectivity index (χ2v) is 3.48. The van der Waals surface area contributed by atoms with Crippen LogP contribution in [0, 0.1) is 0 Å². The van der Waals surface area contributed by atoms with E-state index in [0.717, 1.165) is 5.56 Å². The van der Waals surface area contributed by atoms with Gasteiger partial charge in [0.25, 0.3) is 0 Å². The van der Waals surface area contributed by atoms with Crippen molar-refractivity contribution in [2.24, 2.45) is 0 Å². The molecule has 0 spiro atoms. The van der Waals surface area contributed by atoms with Crippen LogP contribution in [0.15, 0.2) is 18.2 Å². The van der Waals surface area contributed by atoms with Gasteiger partial charge in [-0.2, -0.15) is 0 Å². The van der Waals surface area contributed by atoms with E-state index in [-0.39, 0.29) is 23.3 Å². The summed E-state index contributed by atoms with van der Waals surface area (Å²) in [5.41, 5.74) is 0.805. The molecular weight excluding hydrogens is 194 g/mol. The molecule has 1 atom stereocenters. The topological polar surface area (TPSA) is 69.6 Å². The smallest absolute Gasteiger partial charge is 0.157 e. The first-order valence-corrected chi connectivity index (χ1v) is 4.73. The predicted octanol–water partition coefficient (Wildman–Crippen LogP) is 0.817. The van der Waals surface area contributed by atoms with Crippen molar-refractivity contribution in [3.63, 3.8) is 0 Å². The van der Waals surface area contributed by atoms with Gasteiger partial charge in [-0.1, -0.05) is 6.07 Å². The lowest BCUT2D eigenvalue weighted by molar-refractivity contribution is -0.118. The molecule has 0 saturated carbocycles. The van der Waals surface area contributed by atoms with Crippen LogP contribution in [-0.2, 0) is 11.2 Å².